The molecule has 0 aliphatic carbocycles. The fourth-order valence-electron chi connectivity index (χ4n) is 0.970. The number of nitrogens with zero attached hydrogens (tertiary/aromatic N) is 1. The lowest BCUT2D eigenvalue weighted by molar-refractivity contribution is -0.181. The molecular weight excluding hydrogens is 273 g/mol. The molecule has 0 aliphatic rings. The van der Waals surface area contributed by atoms with E-state index < -0.39 is 22.8 Å². The average molecular weight is 280 g/mol. The maximum absolute atomic E-state index is 11.7. The first-order chi connectivity index (χ1) is 8.24. The van der Waals surface area contributed by atoms with Gasteiger partial charge in [0, 0.05) is 0 Å². The van der Waals surface area contributed by atoms with Gasteiger partial charge in [0.15, 0.2) is 6.61 Å². The van der Waals surface area contributed by atoms with Crippen LogP contribution in [0, 0.1) is 11.3 Å². The van der Waals surface area contributed by atoms with Crippen molar-refractivity contribution in [3.63, 3.8) is 0 Å². The van der Waals surface area contributed by atoms with Crippen LogP contribution < -0.4 is 4.89 Å². The Balaban J connectivity index is 2.78. The third-order valence-corrected chi connectivity index (χ3v) is 2.89. The zero-order valence-corrected chi connectivity index (χ0v) is 9.55. The number of halogens is 3. The molecule has 0 aromatic heterocycles. The first-order valence-corrected chi connectivity index (χ1v) is 5.93. The predicted octanol–water partition coefficient (Wildman–Crippen LogP) is 1.33. The van der Waals surface area contributed by atoms with E-state index in [0.717, 1.165) is 12.1 Å². The van der Waals surface area contributed by atoms with Crippen molar-refractivity contribution in [3.8, 4) is 6.07 Å². The second-order valence-corrected chi connectivity index (χ2v) is 4.78. The molecule has 0 spiro atoms. The van der Waals surface area contributed by atoms with Gasteiger partial charge in [-0.25, -0.2) is 8.42 Å². The number of nitrogens with one attached hydrogen (secondary N) is 1. The highest BCUT2D eigenvalue weighted by atomic mass is 32.2. The summed E-state index contributed by atoms with van der Waals surface area (Å²) >= 11 is 0. The standard InChI is InChI=1S/C9H7F3N2O3S/c10-9(11,12)6-17-14-18(15,16)8-3-1-2-7(4-8)5-13/h1-4,14H,6H2. The molecule has 0 bridgehead atoms. The molecule has 0 amide bonds. The predicted molar refractivity (Wildman–Crippen MR) is 53.5 cm³/mol. The zero-order chi connectivity index (χ0) is 13.8. The number of rotatable bonds is 4. The molecule has 1 aromatic rings. The topological polar surface area (TPSA) is 79.2 Å². The SMILES string of the molecule is N#Cc1cccc(S(=O)(=O)NOCC(F)(F)F)c1. The maximum atomic E-state index is 11.7. The molecule has 0 radical (unpaired) electrons. The van der Waals surface area contributed by atoms with Crippen LogP contribution in [0.15, 0.2) is 29.2 Å². The lowest BCUT2D eigenvalue weighted by atomic mass is 10.2. The van der Waals surface area contributed by atoms with Crippen LogP contribution in [-0.4, -0.2) is 21.2 Å². The molecule has 0 aliphatic heterocycles. The maximum Gasteiger partial charge on any atom is 0.413 e. The number of sulfonamides is 1. The fraction of sp³-hybridized carbons (Fsp3) is 0.222. The summed E-state index contributed by atoms with van der Waals surface area (Å²) in [5, 5.41) is 8.57. The molecule has 1 rings (SSSR count). The van der Waals surface area contributed by atoms with Gasteiger partial charge in [-0.05, 0) is 18.2 Å². The highest BCUT2D eigenvalue weighted by Crippen LogP contribution is 2.15. The minimum Gasteiger partial charge on any atom is -0.277 e. The van der Waals surface area contributed by atoms with E-state index in [9.17, 15) is 21.6 Å². The van der Waals surface area contributed by atoms with Gasteiger partial charge in [-0.15, -0.1) is 0 Å². The van der Waals surface area contributed by atoms with Crippen molar-refractivity contribution in [1.82, 2.24) is 4.89 Å². The molecule has 0 unspecified atom stereocenters. The highest BCUT2D eigenvalue weighted by molar-refractivity contribution is 7.89. The Morgan fingerprint density at radius 2 is 2.06 bits per heavy atom. The summed E-state index contributed by atoms with van der Waals surface area (Å²) in [5.74, 6) is 0. The van der Waals surface area contributed by atoms with Crippen molar-refractivity contribution in [1.29, 1.82) is 5.26 Å². The monoisotopic (exact) mass is 280 g/mol. The summed E-state index contributed by atoms with van der Waals surface area (Å²) in [5.41, 5.74) is 0.0636. The van der Waals surface area contributed by atoms with Gasteiger partial charge < -0.3 is 0 Å². The summed E-state index contributed by atoms with van der Waals surface area (Å²) in [7, 11) is -4.24. The Morgan fingerprint density at radius 3 is 2.61 bits per heavy atom. The Kier molecular flexibility index (Phi) is 4.28. The van der Waals surface area contributed by atoms with E-state index in [-0.39, 0.29) is 10.5 Å². The molecule has 0 atom stereocenters. The van der Waals surface area contributed by atoms with Crippen LogP contribution in [0.3, 0.4) is 0 Å². The average Bonchev–Trinajstić information content (AvgIpc) is 2.27. The second-order valence-electron chi connectivity index (χ2n) is 3.13. The van der Waals surface area contributed by atoms with Gasteiger partial charge in [0.25, 0.3) is 10.0 Å². The van der Waals surface area contributed by atoms with Crippen LogP contribution in [0.5, 0.6) is 0 Å². The number of benzene rings is 1. The van der Waals surface area contributed by atoms with E-state index in [1.807, 2.05) is 0 Å². The van der Waals surface area contributed by atoms with E-state index in [1.165, 1.54) is 17.0 Å². The molecule has 9 heteroatoms. The van der Waals surface area contributed by atoms with Crippen LogP contribution in [0.1, 0.15) is 5.56 Å². The first kappa shape index (κ1) is 14.4. The Morgan fingerprint density at radius 1 is 1.39 bits per heavy atom. The van der Waals surface area contributed by atoms with Gasteiger partial charge >= 0.3 is 6.18 Å². The van der Waals surface area contributed by atoms with Crippen molar-refractivity contribution >= 4 is 10.0 Å². The van der Waals surface area contributed by atoms with Gasteiger partial charge in [0.1, 0.15) is 0 Å². The van der Waals surface area contributed by atoms with Crippen molar-refractivity contribution in [2.45, 2.75) is 11.1 Å². The van der Waals surface area contributed by atoms with Gasteiger partial charge in [-0.2, -0.15) is 18.4 Å². The highest BCUT2D eigenvalue weighted by Gasteiger charge is 2.29. The summed E-state index contributed by atoms with van der Waals surface area (Å²) in [6.45, 7) is -1.75. The first-order valence-electron chi connectivity index (χ1n) is 4.45. The molecule has 98 valence electrons. The van der Waals surface area contributed by atoms with Crippen LogP contribution in [0.2, 0.25) is 0 Å². The van der Waals surface area contributed by atoms with Crippen molar-refractivity contribution in [2.75, 3.05) is 6.61 Å². The minimum atomic E-state index is -4.64. The largest absolute Gasteiger partial charge is 0.413 e. The smallest absolute Gasteiger partial charge is 0.277 e. The van der Waals surface area contributed by atoms with E-state index in [4.69, 9.17) is 5.26 Å². The van der Waals surface area contributed by atoms with Crippen LogP contribution in [0.25, 0.3) is 0 Å². The molecule has 18 heavy (non-hydrogen) atoms. The summed E-state index contributed by atoms with van der Waals surface area (Å²) in [4.78, 5) is 4.81. The number of hydrogen-bond acceptors (Lipinski definition) is 4. The molecule has 0 saturated heterocycles. The minimum absolute atomic E-state index is 0.0636. The lowest BCUT2D eigenvalue weighted by Crippen LogP contribution is -2.29. The molecule has 1 N–H and O–H groups in total. The normalized spacial score (nSPS) is 12.1. The lowest BCUT2D eigenvalue weighted by Gasteiger charge is -2.09. The van der Waals surface area contributed by atoms with Gasteiger partial charge in [0.2, 0.25) is 0 Å². The number of alkyl halides is 3. The van der Waals surface area contributed by atoms with Crippen LogP contribution in [0.4, 0.5) is 13.2 Å². The quantitative estimate of drug-likeness (QED) is 0.844. The Labute approximate surface area is 101 Å². The molecule has 5 nitrogen and oxygen atoms in total. The van der Waals surface area contributed by atoms with E-state index >= 15 is 0 Å². The molecule has 0 heterocycles. The van der Waals surface area contributed by atoms with E-state index in [1.54, 1.807) is 6.07 Å². The Bertz CT molecular complexity index is 563. The van der Waals surface area contributed by atoms with Crippen molar-refractivity contribution in [2.24, 2.45) is 0 Å². The molecule has 0 saturated carbocycles. The molecular formula is C9H7F3N2O3S. The molecule has 0 fully saturated rings. The number of nitriles is 1. The fourth-order valence-corrected chi connectivity index (χ4v) is 1.82. The second kappa shape index (κ2) is 5.34. The van der Waals surface area contributed by atoms with Crippen molar-refractivity contribution in [3.05, 3.63) is 29.8 Å². The van der Waals surface area contributed by atoms with Gasteiger partial charge in [-0.3, -0.25) is 4.84 Å². The van der Waals surface area contributed by atoms with Crippen LogP contribution in [-0.2, 0) is 14.9 Å². The van der Waals surface area contributed by atoms with Crippen LogP contribution >= 0.6 is 0 Å². The summed E-state index contributed by atoms with van der Waals surface area (Å²) < 4.78 is 58.2. The van der Waals surface area contributed by atoms with Crippen molar-refractivity contribution < 1.29 is 26.4 Å². The zero-order valence-electron chi connectivity index (χ0n) is 8.73. The summed E-state index contributed by atoms with van der Waals surface area (Å²) in [6.07, 6.45) is -4.64. The van der Waals surface area contributed by atoms with E-state index in [0.29, 0.717) is 0 Å². The third-order valence-electron chi connectivity index (χ3n) is 1.68. The summed E-state index contributed by atoms with van der Waals surface area (Å²) in [6, 6.07) is 6.49. The number of hydrogen-bond donors (Lipinski definition) is 1. The van der Waals surface area contributed by atoms with E-state index in [2.05, 4.69) is 4.84 Å². The van der Waals surface area contributed by atoms with Gasteiger partial charge in [0.05, 0.1) is 16.5 Å². The van der Waals surface area contributed by atoms with Gasteiger partial charge in [-0.1, -0.05) is 11.0 Å². The third kappa shape index (κ3) is 4.33. The Hall–Kier alpha value is -1.63. The molecule has 1 aromatic carbocycles.